The highest BCUT2D eigenvalue weighted by molar-refractivity contribution is 5.86. The van der Waals surface area contributed by atoms with Gasteiger partial charge < -0.3 is 20.5 Å². The van der Waals surface area contributed by atoms with Gasteiger partial charge >= 0.3 is 0 Å². The Morgan fingerprint density at radius 1 is 1.55 bits per heavy atom. The maximum Gasteiger partial charge on any atom is 0.182 e. The Bertz CT molecular complexity index is 686. The average Bonchev–Trinajstić information content (AvgIpc) is 2.95. The van der Waals surface area contributed by atoms with E-state index < -0.39 is 24.4 Å². The monoisotopic (exact) mass is 278 g/mol. The van der Waals surface area contributed by atoms with Crippen LogP contribution >= 0.6 is 0 Å². The normalized spacial score (nSPS) is 30.2. The molecule has 106 valence electrons. The molecule has 1 fully saturated rings. The Balaban J connectivity index is 2.09. The molecule has 0 radical (unpaired) electrons. The first-order chi connectivity index (χ1) is 9.49. The maximum atomic E-state index is 14.5. The molecule has 0 bridgehead atoms. The molecule has 1 saturated carbocycles. The molecule has 0 amide bonds. The third kappa shape index (κ3) is 1.56. The van der Waals surface area contributed by atoms with Gasteiger partial charge in [-0.05, 0) is 11.6 Å². The Labute approximate surface area is 114 Å². The zero-order valence-electron chi connectivity index (χ0n) is 10.7. The third-order valence-electron chi connectivity index (χ3n) is 4.02. The summed E-state index contributed by atoms with van der Waals surface area (Å²) in [7, 11) is 0. The minimum absolute atomic E-state index is 0.129. The lowest BCUT2D eigenvalue weighted by atomic mass is 9.99. The van der Waals surface area contributed by atoms with E-state index in [4.69, 9.17) is 5.73 Å². The molecule has 20 heavy (non-hydrogen) atoms. The molecule has 3 atom stereocenters. The summed E-state index contributed by atoms with van der Waals surface area (Å²) >= 11 is 0. The number of hydrogen-bond acceptors (Lipinski definition) is 5. The van der Waals surface area contributed by atoms with Crippen LogP contribution in [0.5, 0.6) is 0 Å². The summed E-state index contributed by atoms with van der Waals surface area (Å²) in [6.45, 7) is 2.91. The molecular weight excluding hydrogens is 263 g/mol. The number of nitrogen functional groups attached to an aromatic ring is 1. The van der Waals surface area contributed by atoms with Crippen LogP contribution in [0.4, 0.5) is 10.2 Å². The van der Waals surface area contributed by atoms with Crippen molar-refractivity contribution < 1.29 is 14.6 Å². The molecule has 3 rings (SSSR count). The minimum Gasteiger partial charge on any atom is -0.393 e. The van der Waals surface area contributed by atoms with Crippen LogP contribution in [-0.2, 0) is 0 Å². The fraction of sp³-hybridized carbons (Fsp3) is 0.385. The number of alkyl halides is 1. The Hall–Kier alpha value is -1.99. The van der Waals surface area contributed by atoms with Gasteiger partial charge in [-0.15, -0.1) is 0 Å². The molecule has 4 N–H and O–H groups in total. The topological polar surface area (TPSA) is 97.2 Å². The van der Waals surface area contributed by atoms with Crippen LogP contribution in [0.2, 0.25) is 0 Å². The largest absolute Gasteiger partial charge is 0.393 e. The molecule has 1 aliphatic carbocycles. The number of hydrogen-bond donors (Lipinski definition) is 3. The number of nitrogens with two attached hydrogens (primary N) is 1. The first kappa shape index (κ1) is 13.0. The number of aromatic nitrogens is 3. The van der Waals surface area contributed by atoms with E-state index in [0.29, 0.717) is 16.9 Å². The van der Waals surface area contributed by atoms with Crippen LogP contribution in [0.15, 0.2) is 30.7 Å². The van der Waals surface area contributed by atoms with Crippen molar-refractivity contribution in [1.29, 1.82) is 0 Å². The number of aliphatic hydroxyl groups is 2. The number of rotatable bonds is 2. The molecule has 2 aromatic rings. The van der Waals surface area contributed by atoms with Crippen LogP contribution < -0.4 is 5.73 Å². The van der Waals surface area contributed by atoms with Crippen LogP contribution in [0.25, 0.3) is 11.0 Å². The number of aliphatic hydroxyl groups excluding tert-OH is 2. The van der Waals surface area contributed by atoms with Crippen LogP contribution in [0.1, 0.15) is 12.5 Å². The summed E-state index contributed by atoms with van der Waals surface area (Å²) in [5.41, 5.74) is 4.27. The highest BCUT2D eigenvalue weighted by Gasteiger charge is 2.51. The summed E-state index contributed by atoms with van der Waals surface area (Å²) in [6.07, 6.45) is 1.88. The van der Waals surface area contributed by atoms with E-state index in [9.17, 15) is 14.6 Å². The Morgan fingerprint density at radius 3 is 2.95 bits per heavy atom. The van der Waals surface area contributed by atoms with Gasteiger partial charge in [0, 0.05) is 12.6 Å². The van der Waals surface area contributed by atoms with E-state index in [1.165, 1.54) is 6.33 Å². The molecule has 0 saturated heterocycles. The fourth-order valence-corrected chi connectivity index (χ4v) is 2.76. The van der Waals surface area contributed by atoms with Gasteiger partial charge in [0.05, 0.1) is 24.1 Å². The van der Waals surface area contributed by atoms with Crippen molar-refractivity contribution in [3.05, 3.63) is 30.7 Å². The molecule has 0 aliphatic heterocycles. The SMILES string of the molecule is C=C1[C@@H](n2ccc3c(N)ncnc32)C[C@H](O)[C@@]1(F)CO. The first-order valence-corrected chi connectivity index (χ1v) is 6.23. The second kappa shape index (κ2) is 4.26. The molecule has 0 unspecified atom stereocenters. The van der Waals surface area contributed by atoms with E-state index in [2.05, 4.69) is 16.5 Å². The van der Waals surface area contributed by atoms with Gasteiger partial charge in [0.15, 0.2) is 5.67 Å². The van der Waals surface area contributed by atoms with Crippen molar-refractivity contribution in [3.63, 3.8) is 0 Å². The molecule has 2 aromatic heterocycles. The minimum atomic E-state index is -2.18. The van der Waals surface area contributed by atoms with E-state index in [1.54, 1.807) is 16.8 Å². The summed E-state index contributed by atoms with van der Waals surface area (Å²) in [6, 6.07) is 1.26. The lowest BCUT2D eigenvalue weighted by Crippen LogP contribution is -2.37. The predicted octanol–water partition coefficient (Wildman–Crippen LogP) is 0.576. The van der Waals surface area contributed by atoms with Crippen LogP contribution in [-0.4, -0.2) is 43.1 Å². The van der Waals surface area contributed by atoms with Gasteiger partial charge in [-0.1, -0.05) is 6.58 Å². The van der Waals surface area contributed by atoms with Gasteiger partial charge in [0.25, 0.3) is 0 Å². The van der Waals surface area contributed by atoms with Gasteiger partial charge in [0.2, 0.25) is 0 Å². The van der Waals surface area contributed by atoms with Crippen molar-refractivity contribution in [1.82, 2.24) is 14.5 Å². The third-order valence-corrected chi connectivity index (χ3v) is 4.02. The zero-order chi connectivity index (χ0) is 14.5. The summed E-state index contributed by atoms with van der Waals surface area (Å²) in [5, 5.41) is 19.7. The lowest BCUT2D eigenvalue weighted by molar-refractivity contribution is -0.00222. The van der Waals surface area contributed by atoms with E-state index in [-0.39, 0.29) is 12.0 Å². The number of halogens is 1. The van der Waals surface area contributed by atoms with Crippen molar-refractivity contribution in [2.45, 2.75) is 24.2 Å². The summed E-state index contributed by atoms with van der Waals surface area (Å²) in [5.74, 6) is 0.339. The molecule has 6 nitrogen and oxygen atoms in total. The van der Waals surface area contributed by atoms with Gasteiger partial charge in [-0.3, -0.25) is 0 Å². The standard InChI is InChI=1S/C13H15FN4O2/c1-7-9(4-10(20)13(7,14)5-19)18-3-2-8-11(15)16-6-17-12(8)18/h2-3,6,9-10,19-20H,1,4-5H2,(H2,15,16,17)/t9-,10-,13+/m0/s1. The number of nitrogens with zero attached hydrogens (tertiary/aromatic N) is 3. The van der Waals surface area contributed by atoms with Crippen molar-refractivity contribution in [2.75, 3.05) is 12.3 Å². The van der Waals surface area contributed by atoms with E-state index >= 15 is 0 Å². The summed E-state index contributed by atoms with van der Waals surface area (Å²) in [4.78, 5) is 8.04. The van der Waals surface area contributed by atoms with Crippen LogP contribution in [0.3, 0.4) is 0 Å². The van der Waals surface area contributed by atoms with Crippen LogP contribution in [0, 0.1) is 0 Å². The lowest BCUT2D eigenvalue weighted by Gasteiger charge is -2.23. The molecule has 7 heteroatoms. The Kier molecular flexibility index (Phi) is 2.77. The highest BCUT2D eigenvalue weighted by Crippen LogP contribution is 2.45. The number of anilines is 1. The molecule has 0 spiro atoms. The maximum absolute atomic E-state index is 14.5. The predicted molar refractivity (Wildman–Crippen MR) is 71.7 cm³/mol. The fourth-order valence-electron chi connectivity index (χ4n) is 2.76. The highest BCUT2D eigenvalue weighted by atomic mass is 19.1. The smallest absolute Gasteiger partial charge is 0.182 e. The van der Waals surface area contributed by atoms with E-state index in [0.717, 1.165) is 0 Å². The van der Waals surface area contributed by atoms with Gasteiger partial charge in [-0.2, -0.15) is 0 Å². The van der Waals surface area contributed by atoms with Crippen molar-refractivity contribution in [3.8, 4) is 0 Å². The molecule has 1 aliphatic rings. The summed E-state index contributed by atoms with van der Waals surface area (Å²) < 4.78 is 16.2. The van der Waals surface area contributed by atoms with Crippen molar-refractivity contribution >= 4 is 16.9 Å². The van der Waals surface area contributed by atoms with Gasteiger partial charge in [-0.25, -0.2) is 14.4 Å². The van der Waals surface area contributed by atoms with E-state index in [1.807, 2.05) is 0 Å². The first-order valence-electron chi connectivity index (χ1n) is 6.23. The average molecular weight is 278 g/mol. The number of fused-ring (bicyclic) bond motifs is 1. The zero-order valence-corrected chi connectivity index (χ0v) is 10.7. The molecule has 0 aromatic carbocycles. The Morgan fingerprint density at radius 2 is 2.30 bits per heavy atom. The second-order valence-electron chi connectivity index (χ2n) is 5.03. The molecular formula is C13H15FN4O2. The van der Waals surface area contributed by atoms with Crippen molar-refractivity contribution in [2.24, 2.45) is 0 Å². The quantitative estimate of drug-likeness (QED) is 0.698. The second-order valence-corrected chi connectivity index (χ2v) is 5.03. The van der Waals surface area contributed by atoms with Gasteiger partial charge in [0.1, 0.15) is 17.8 Å². The molecule has 2 heterocycles.